The monoisotopic (exact) mass is 719 g/mol. The van der Waals surface area contributed by atoms with Crippen LogP contribution in [-0.4, -0.2) is 86.2 Å². The van der Waals surface area contributed by atoms with Crippen LogP contribution >= 0.6 is 22.9 Å². The van der Waals surface area contributed by atoms with Gasteiger partial charge in [0, 0.05) is 31.6 Å². The van der Waals surface area contributed by atoms with Gasteiger partial charge in [-0.25, -0.2) is 4.98 Å². The fourth-order valence-electron chi connectivity index (χ4n) is 5.64. The van der Waals surface area contributed by atoms with E-state index in [0.717, 1.165) is 28.3 Å². The van der Waals surface area contributed by atoms with Crippen molar-refractivity contribution in [2.75, 3.05) is 54.9 Å². The van der Waals surface area contributed by atoms with Crippen LogP contribution in [0.3, 0.4) is 0 Å². The van der Waals surface area contributed by atoms with Crippen LogP contribution in [0.25, 0.3) is 11.4 Å². The summed E-state index contributed by atoms with van der Waals surface area (Å²) >= 11 is 7.36. The maximum Gasteiger partial charge on any atom is 0.416 e. The topological polar surface area (TPSA) is 156 Å². The number of benzene rings is 1. The van der Waals surface area contributed by atoms with Gasteiger partial charge in [-0.3, -0.25) is 19.2 Å². The molecule has 1 saturated heterocycles. The first-order valence-corrected chi connectivity index (χ1v) is 16.5. The molecular formula is C30H29ClF3N9O5S. The Balaban J connectivity index is 1.31. The Labute approximate surface area is 285 Å². The first-order valence-electron chi connectivity index (χ1n) is 15.1. The largest absolute Gasteiger partial charge is 0.416 e. The van der Waals surface area contributed by atoms with Crippen molar-refractivity contribution in [1.82, 2.24) is 29.0 Å². The summed E-state index contributed by atoms with van der Waals surface area (Å²) in [5, 5.41) is 10.8. The predicted molar refractivity (Wildman–Crippen MR) is 175 cm³/mol. The summed E-state index contributed by atoms with van der Waals surface area (Å²) in [5.41, 5.74) is 1.52. The van der Waals surface area contributed by atoms with Gasteiger partial charge in [0.05, 0.1) is 40.7 Å². The lowest BCUT2D eigenvalue weighted by Crippen LogP contribution is -2.53. The lowest BCUT2D eigenvalue weighted by atomic mass is 10.1. The van der Waals surface area contributed by atoms with Crippen LogP contribution < -0.4 is 21.1 Å². The number of fused-ring (bicyclic) bond motifs is 1. The minimum atomic E-state index is -4.61. The molecule has 0 saturated carbocycles. The van der Waals surface area contributed by atoms with E-state index in [0.29, 0.717) is 31.2 Å². The molecular weight excluding hydrogens is 691 g/mol. The van der Waals surface area contributed by atoms with Gasteiger partial charge >= 0.3 is 18.0 Å². The van der Waals surface area contributed by atoms with E-state index >= 15 is 0 Å². The molecule has 2 N–H and O–H groups in total. The Bertz CT molecular complexity index is 2000. The molecule has 6 rings (SSSR count). The third-order valence-corrected chi connectivity index (χ3v) is 8.93. The summed E-state index contributed by atoms with van der Waals surface area (Å²) in [4.78, 5) is 64.7. The number of alkyl halides is 3. The van der Waals surface area contributed by atoms with Gasteiger partial charge in [0.15, 0.2) is 5.82 Å². The Hall–Kier alpha value is -4.81. The van der Waals surface area contributed by atoms with E-state index in [4.69, 9.17) is 16.3 Å². The number of piperazine rings is 1. The van der Waals surface area contributed by atoms with E-state index in [1.807, 2.05) is 6.08 Å². The number of hydrogen-bond donors (Lipinski definition) is 2. The number of anilines is 3. The van der Waals surface area contributed by atoms with Gasteiger partial charge < -0.3 is 29.7 Å². The standard InChI is InChI=1S/C30H29ClF3N9O5S/c1-2-21-24(40-7-9-41(10-8-40)28(47)26(45)37-22-15-49-16-35-22)27(46)43-29(38-25(39-43)17-5-11-48-12-6-17)42(21)14-23(44)36-20-4-3-18(13-19(20)31)30(32,33)34/h3-5,13,15-16H,2,6-12,14H2,1H3,(H,36,44)(H,37,45). The third-order valence-electron chi connectivity index (χ3n) is 8.03. The zero-order valence-corrected chi connectivity index (χ0v) is 27.5. The minimum absolute atomic E-state index is 0.0240. The van der Waals surface area contributed by atoms with Gasteiger partial charge in [-0.15, -0.1) is 16.4 Å². The maximum absolute atomic E-state index is 14.1. The summed E-state index contributed by atoms with van der Waals surface area (Å²) in [6.07, 6.45) is -2.01. The Morgan fingerprint density at radius 3 is 2.53 bits per heavy atom. The van der Waals surface area contributed by atoms with Crippen LogP contribution in [0.2, 0.25) is 5.02 Å². The number of carbonyl (C=O) groups excluding carboxylic acids is 3. The van der Waals surface area contributed by atoms with Crippen molar-refractivity contribution in [3.63, 3.8) is 0 Å². The number of amides is 3. The number of carbonyl (C=O) groups is 3. The zero-order chi connectivity index (χ0) is 34.9. The van der Waals surface area contributed by atoms with Crippen molar-refractivity contribution in [1.29, 1.82) is 0 Å². The van der Waals surface area contributed by atoms with Crippen LogP contribution in [0.1, 0.15) is 30.4 Å². The molecule has 5 heterocycles. The molecule has 2 aliphatic rings. The van der Waals surface area contributed by atoms with Gasteiger partial charge in [0.1, 0.15) is 18.1 Å². The minimum Gasteiger partial charge on any atom is -0.377 e. The third kappa shape index (κ3) is 7.16. The SMILES string of the molecule is CCc1c(N2CCN(C(=O)C(=O)Nc3cscn3)CC2)c(=O)n2nc(C3=CCOCC3)nc2n1CC(=O)Nc1ccc(C(F)(F)F)cc1Cl. The molecule has 0 atom stereocenters. The van der Waals surface area contributed by atoms with Crippen LogP contribution in [0.4, 0.5) is 30.4 Å². The van der Waals surface area contributed by atoms with Gasteiger partial charge in [0.25, 0.3) is 5.56 Å². The zero-order valence-electron chi connectivity index (χ0n) is 25.9. The van der Waals surface area contributed by atoms with E-state index in [-0.39, 0.29) is 67.1 Å². The van der Waals surface area contributed by atoms with Crippen molar-refractivity contribution in [2.45, 2.75) is 32.5 Å². The second-order valence-corrected chi connectivity index (χ2v) is 12.2. The molecule has 19 heteroatoms. The highest BCUT2D eigenvalue weighted by atomic mass is 35.5. The average Bonchev–Trinajstić information content (AvgIpc) is 3.77. The van der Waals surface area contributed by atoms with Crippen molar-refractivity contribution >= 4 is 69.2 Å². The molecule has 0 spiro atoms. The quantitative estimate of drug-likeness (QED) is 0.274. The summed E-state index contributed by atoms with van der Waals surface area (Å²) in [6.45, 7) is 2.86. The van der Waals surface area contributed by atoms with E-state index < -0.39 is 35.0 Å². The van der Waals surface area contributed by atoms with Gasteiger partial charge in [-0.1, -0.05) is 24.6 Å². The van der Waals surface area contributed by atoms with Gasteiger partial charge in [-0.05, 0) is 36.6 Å². The number of halogens is 4. The number of aromatic nitrogens is 5. The smallest absolute Gasteiger partial charge is 0.377 e. The predicted octanol–water partition coefficient (Wildman–Crippen LogP) is 3.31. The molecule has 0 aliphatic carbocycles. The van der Waals surface area contributed by atoms with Gasteiger partial charge in [-0.2, -0.15) is 22.7 Å². The molecule has 1 fully saturated rings. The van der Waals surface area contributed by atoms with Crippen LogP contribution in [-0.2, 0) is 38.3 Å². The van der Waals surface area contributed by atoms with Crippen molar-refractivity contribution in [2.24, 2.45) is 0 Å². The number of ether oxygens (including phenoxy) is 1. The Kier molecular flexibility index (Phi) is 9.71. The van der Waals surface area contributed by atoms with E-state index in [1.54, 1.807) is 21.8 Å². The number of hydrogen-bond acceptors (Lipinski definition) is 10. The Morgan fingerprint density at radius 2 is 1.90 bits per heavy atom. The van der Waals surface area contributed by atoms with Crippen molar-refractivity contribution in [3.05, 3.63) is 67.6 Å². The molecule has 2 aliphatic heterocycles. The summed E-state index contributed by atoms with van der Waals surface area (Å²) < 4.78 is 47.5. The first kappa shape index (κ1) is 34.1. The van der Waals surface area contributed by atoms with E-state index in [2.05, 4.69) is 25.7 Å². The molecule has 0 unspecified atom stereocenters. The van der Waals surface area contributed by atoms with Crippen molar-refractivity contribution in [3.8, 4) is 0 Å². The fourth-order valence-corrected chi connectivity index (χ4v) is 6.35. The summed E-state index contributed by atoms with van der Waals surface area (Å²) in [6, 6.07) is 2.61. The summed E-state index contributed by atoms with van der Waals surface area (Å²) in [5.74, 6) is -1.54. The summed E-state index contributed by atoms with van der Waals surface area (Å²) in [7, 11) is 0. The number of nitrogens with zero attached hydrogens (tertiary/aromatic N) is 7. The molecule has 0 radical (unpaired) electrons. The van der Waals surface area contributed by atoms with Crippen LogP contribution in [0.15, 0.2) is 40.0 Å². The second-order valence-electron chi connectivity index (χ2n) is 11.1. The maximum atomic E-state index is 14.1. The molecule has 3 amide bonds. The normalized spacial score (nSPS) is 15.3. The molecule has 14 nitrogen and oxygen atoms in total. The molecule has 1 aromatic carbocycles. The number of rotatable bonds is 7. The second kappa shape index (κ2) is 14.0. The molecule has 258 valence electrons. The number of thiazole rings is 1. The van der Waals surface area contributed by atoms with Crippen LogP contribution in [0.5, 0.6) is 0 Å². The van der Waals surface area contributed by atoms with Gasteiger partial charge in [0.2, 0.25) is 11.7 Å². The van der Waals surface area contributed by atoms with Crippen molar-refractivity contribution < 1.29 is 32.3 Å². The fraction of sp³-hybridized carbons (Fsp3) is 0.367. The molecule has 0 bridgehead atoms. The highest BCUT2D eigenvalue weighted by molar-refractivity contribution is 7.07. The highest BCUT2D eigenvalue weighted by Crippen LogP contribution is 2.34. The lowest BCUT2D eigenvalue weighted by Gasteiger charge is -2.36. The number of nitrogens with one attached hydrogen (secondary N) is 2. The first-order chi connectivity index (χ1) is 23.4. The van der Waals surface area contributed by atoms with E-state index in [9.17, 15) is 32.3 Å². The lowest BCUT2D eigenvalue weighted by molar-refractivity contribution is -0.143. The average molecular weight is 720 g/mol. The van der Waals surface area contributed by atoms with Crippen LogP contribution in [0, 0.1) is 0 Å². The molecule has 4 aromatic rings. The van der Waals surface area contributed by atoms with E-state index in [1.165, 1.54) is 21.7 Å². The molecule has 49 heavy (non-hydrogen) atoms. The Morgan fingerprint density at radius 1 is 1.12 bits per heavy atom. The highest BCUT2D eigenvalue weighted by Gasteiger charge is 2.32. The molecule has 3 aromatic heterocycles.